The molecule has 0 saturated heterocycles. The maximum absolute atomic E-state index is 9.62. The van der Waals surface area contributed by atoms with E-state index < -0.39 is 6.10 Å². The zero-order chi connectivity index (χ0) is 11.0. The SMILES string of the molecule is CCC(O)c1cc2cc(Cl)cc(Cl)c2o1. The fourth-order valence-corrected chi connectivity index (χ4v) is 2.01. The van der Waals surface area contributed by atoms with Gasteiger partial charge in [-0.25, -0.2) is 0 Å². The minimum Gasteiger partial charge on any atom is -0.457 e. The molecule has 2 rings (SSSR count). The number of furan rings is 1. The number of aliphatic hydroxyl groups excluding tert-OH is 1. The Hall–Kier alpha value is -0.700. The van der Waals surface area contributed by atoms with Crippen LogP contribution in [-0.4, -0.2) is 5.11 Å². The quantitative estimate of drug-likeness (QED) is 0.860. The first-order chi connectivity index (χ1) is 7.11. The van der Waals surface area contributed by atoms with Crippen LogP contribution in [0.15, 0.2) is 22.6 Å². The Bertz CT molecular complexity index is 491. The van der Waals surface area contributed by atoms with E-state index in [4.69, 9.17) is 27.6 Å². The van der Waals surface area contributed by atoms with Crippen LogP contribution < -0.4 is 0 Å². The summed E-state index contributed by atoms with van der Waals surface area (Å²) in [4.78, 5) is 0. The second-order valence-corrected chi connectivity index (χ2v) is 4.22. The Labute approximate surface area is 97.4 Å². The summed E-state index contributed by atoms with van der Waals surface area (Å²) in [5.41, 5.74) is 0.573. The van der Waals surface area contributed by atoms with Crippen molar-refractivity contribution in [2.45, 2.75) is 19.4 Å². The van der Waals surface area contributed by atoms with E-state index in [2.05, 4.69) is 0 Å². The molecule has 1 N–H and O–H groups in total. The van der Waals surface area contributed by atoms with Gasteiger partial charge >= 0.3 is 0 Å². The molecule has 0 radical (unpaired) electrons. The molecule has 0 bridgehead atoms. The third-order valence-corrected chi connectivity index (χ3v) is 2.77. The summed E-state index contributed by atoms with van der Waals surface area (Å²) in [5.74, 6) is 0.525. The van der Waals surface area contributed by atoms with Crippen LogP contribution in [0.2, 0.25) is 10.0 Å². The van der Waals surface area contributed by atoms with Crippen LogP contribution in [0.25, 0.3) is 11.0 Å². The van der Waals surface area contributed by atoms with E-state index in [1.807, 2.05) is 6.92 Å². The molecule has 0 spiro atoms. The summed E-state index contributed by atoms with van der Waals surface area (Å²) in [7, 11) is 0. The van der Waals surface area contributed by atoms with Gasteiger partial charge in [-0.3, -0.25) is 0 Å². The average Bonchev–Trinajstić information content (AvgIpc) is 2.60. The number of fused-ring (bicyclic) bond motifs is 1. The fraction of sp³-hybridized carbons (Fsp3) is 0.273. The second-order valence-electron chi connectivity index (χ2n) is 3.38. The van der Waals surface area contributed by atoms with Gasteiger partial charge in [0.15, 0.2) is 5.58 Å². The molecule has 0 amide bonds. The third kappa shape index (κ3) is 1.98. The van der Waals surface area contributed by atoms with Gasteiger partial charge in [-0.2, -0.15) is 0 Å². The first-order valence-corrected chi connectivity index (χ1v) is 5.44. The minimum atomic E-state index is -0.591. The van der Waals surface area contributed by atoms with Crippen LogP contribution in [0.4, 0.5) is 0 Å². The lowest BCUT2D eigenvalue weighted by atomic mass is 10.2. The standard InChI is InChI=1S/C11H10Cl2O2/c1-2-9(14)10-4-6-3-7(12)5-8(13)11(6)15-10/h3-5,9,14H,2H2,1H3. The number of hydrogen-bond donors (Lipinski definition) is 1. The highest BCUT2D eigenvalue weighted by Crippen LogP contribution is 2.32. The van der Waals surface area contributed by atoms with Crippen molar-refractivity contribution in [1.29, 1.82) is 0 Å². The number of halogens is 2. The lowest BCUT2D eigenvalue weighted by Gasteiger charge is -2.01. The van der Waals surface area contributed by atoms with Gasteiger partial charge in [-0.05, 0) is 24.6 Å². The van der Waals surface area contributed by atoms with Gasteiger partial charge in [-0.1, -0.05) is 30.1 Å². The zero-order valence-electron chi connectivity index (χ0n) is 8.13. The van der Waals surface area contributed by atoms with E-state index in [-0.39, 0.29) is 0 Å². The Balaban J connectivity index is 2.60. The minimum absolute atomic E-state index is 0.465. The van der Waals surface area contributed by atoms with Gasteiger partial charge in [0.1, 0.15) is 11.9 Å². The fourth-order valence-electron chi connectivity index (χ4n) is 1.46. The molecule has 0 aliphatic heterocycles. The molecule has 1 heterocycles. The molecule has 1 atom stereocenters. The van der Waals surface area contributed by atoms with Crippen LogP contribution in [0.1, 0.15) is 25.2 Å². The van der Waals surface area contributed by atoms with Gasteiger partial charge < -0.3 is 9.52 Å². The van der Waals surface area contributed by atoms with E-state index in [0.717, 1.165) is 5.39 Å². The molecule has 1 aromatic heterocycles. The van der Waals surface area contributed by atoms with Crippen LogP contribution in [0, 0.1) is 0 Å². The molecule has 0 saturated carbocycles. The van der Waals surface area contributed by atoms with Gasteiger partial charge in [0.05, 0.1) is 5.02 Å². The zero-order valence-corrected chi connectivity index (χ0v) is 9.64. The summed E-state index contributed by atoms with van der Waals surface area (Å²) < 4.78 is 5.47. The number of benzene rings is 1. The van der Waals surface area contributed by atoms with Crippen LogP contribution in [-0.2, 0) is 0 Å². The van der Waals surface area contributed by atoms with Crippen LogP contribution in [0.3, 0.4) is 0 Å². The molecule has 15 heavy (non-hydrogen) atoms. The van der Waals surface area contributed by atoms with Gasteiger partial charge in [-0.15, -0.1) is 0 Å². The summed E-state index contributed by atoms with van der Waals surface area (Å²) in [6, 6.07) is 5.15. The van der Waals surface area contributed by atoms with Gasteiger partial charge in [0.25, 0.3) is 0 Å². The van der Waals surface area contributed by atoms with Crippen LogP contribution in [0.5, 0.6) is 0 Å². The summed E-state index contributed by atoms with van der Waals surface area (Å²) in [5, 5.41) is 11.5. The molecule has 4 heteroatoms. The molecule has 0 fully saturated rings. The molecular formula is C11H10Cl2O2. The van der Waals surface area contributed by atoms with E-state index >= 15 is 0 Å². The summed E-state index contributed by atoms with van der Waals surface area (Å²) in [6.45, 7) is 1.88. The smallest absolute Gasteiger partial charge is 0.153 e. The predicted molar refractivity (Wildman–Crippen MR) is 61.5 cm³/mol. The van der Waals surface area contributed by atoms with E-state index in [1.165, 1.54) is 0 Å². The Morgan fingerprint density at radius 1 is 1.33 bits per heavy atom. The van der Waals surface area contributed by atoms with Crippen molar-refractivity contribution in [1.82, 2.24) is 0 Å². The molecule has 80 valence electrons. The highest BCUT2D eigenvalue weighted by atomic mass is 35.5. The number of aliphatic hydroxyl groups is 1. The van der Waals surface area contributed by atoms with E-state index in [1.54, 1.807) is 18.2 Å². The number of hydrogen-bond acceptors (Lipinski definition) is 2. The van der Waals surface area contributed by atoms with E-state index in [9.17, 15) is 5.11 Å². The molecule has 2 nitrogen and oxygen atoms in total. The maximum Gasteiger partial charge on any atom is 0.153 e. The normalized spacial score (nSPS) is 13.3. The monoisotopic (exact) mass is 244 g/mol. The maximum atomic E-state index is 9.62. The van der Waals surface area contributed by atoms with Crippen molar-refractivity contribution < 1.29 is 9.52 Å². The first-order valence-electron chi connectivity index (χ1n) is 4.68. The Morgan fingerprint density at radius 3 is 2.73 bits per heavy atom. The Morgan fingerprint density at radius 2 is 2.07 bits per heavy atom. The van der Waals surface area contributed by atoms with Crippen molar-refractivity contribution in [2.75, 3.05) is 0 Å². The second kappa shape index (κ2) is 4.05. The van der Waals surface area contributed by atoms with E-state index in [0.29, 0.717) is 27.8 Å². The third-order valence-electron chi connectivity index (χ3n) is 2.27. The molecule has 2 aromatic rings. The molecule has 0 aliphatic carbocycles. The predicted octanol–water partition coefficient (Wildman–Crippen LogP) is 4.18. The molecule has 1 aromatic carbocycles. The van der Waals surface area contributed by atoms with Crippen molar-refractivity contribution in [3.05, 3.63) is 34.0 Å². The van der Waals surface area contributed by atoms with Crippen molar-refractivity contribution >= 4 is 34.2 Å². The first kappa shape index (κ1) is 10.8. The lowest BCUT2D eigenvalue weighted by Crippen LogP contribution is -1.90. The highest BCUT2D eigenvalue weighted by Gasteiger charge is 2.13. The topological polar surface area (TPSA) is 33.4 Å². The lowest BCUT2D eigenvalue weighted by molar-refractivity contribution is 0.148. The summed E-state index contributed by atoms with van der Waals surface area (Å²) >= 11 is 11.8. The highest BCUT2D eigenvalue weighted by molar-refractivity contribution is 6.38. The average molecular weight is 245 g/mol. The Kier molecular flexibility index (Phi) is 2.91. The summed E-state index contributed by atoms with van der Waals surface area (Å²) in [6.07, 6.45) is 0.0118. The molecule has 0 aliphatic rings. The largest absolute Gasteiger partial charge is 0.457 e. The number of rotatable bonds is 2. The molecular weight excluding hydrogens is 235 g/mol. The van der Waals surface area contributed by atoms with Gasteiger partial charge in [0, 0.05) is 10.4 Å². The molecule has 1 unspecified atom stereocenters. The van der Waals surface area contributed by atoms with Crippen molar-refractivity contribution in [3.8, 4) is 0 Å². The van der Waals surface area contributed by atoms with Gasteiger partial charge in [0.2, 0.25) is 0 Å². The van der Waals surface area contributed by atoms with Crippen molar-refractivity contribution in [2.24, 2.45) is 0 Å². The van der Waals surface area contributed by atoms with Crippen molar-refractivity contribution in [3.63, 3.8) is 0 Å². The van der Waals surface area contributed by atoms with Crippen LogP contribution >= 0.6 is 23.2 Å².